The summed E-state index contributed by atoms with van der Waals surface area (Å²) in [4.78, 5) is 15.4. The first-order chi connectivity index (χ1) is 9.58. The van der Waals surface area contributed by atoms with Crippen LogP contribution in [0.5, 0.6) is 0 Å². The highest BCUT2D eigenvalue weighted by atomic mass is 16.6. The number of ether oxygens (including phenoxy) is 1. The van der Waals surface area contributed by atoms with E-state index in [9.17, 15) is 15.0 Å². The zero-order chi connectivity index (χ0) is 16.2. The lowest BCUT2D eigenvalue weighted by Crippen LogP contribution is -2.39. The molecule has 0 saturated carbocycles. The van der Waals surface area contributed by atoms with Gasteiger partial charge in [0.1, 0.15) is 23.6 Å². The van der Waals surface area contributed by atoms with Gasteiger partial charge < -0.3 is 26.0 Å². The molecule has 0 bridgehead atoms. The van der Waals surface area contributed by atoms with Gasteiger partial charge in [0.15, 0.2) is 0 Å². The number of aliphatic hydroxyl groups excluding tert-OH is 2. The number of pyridine rings is 1. The van der Waals surface area contributed by atoms with Crippen LogP contribution in [0.3, 0.4) is 0 Å². The third-order valence-corrected chi connectivity index (χ3v) is 2.53. The Kier molecular flexibility index (Phi) is 5.51. The van der Waals surface area contributed by atoms with Crippen LogP contribution in [0, 0.1) is 6.92 Å². The first-order valence-corrected chi connectivity index (χ1v) is 6.65. The van der Waals surface area contributed by atoms with Gasteiger partial charge in [0.05, 0.1) is 5.69 Å². The van der Waals surface area contributed by atoms with Crippen LogP contribution in [0.2, 0.25) is 0 Å². The van der Waals surface area contributed by atoms with Crippen molar-refractivity contribution in [3.05, 3.63) is 23.4 Å². The highest BCUT2D eigenvalue weighted by molar-refractivity contribution is 5.67. The molecular formula is C14H23N3O4. The summed E-state index contributed by atoms with van der Waals surface area (Å²) >= 11 is 0. The minimum absolute atomic E-state index is 0.161. The number of carbonyl (C=O) groups is 1. The molecule has 1 rings (SSSR count). The molecule has 0 saturated heterocycles. The van der Waals surface area contributed by atoms with Gasteiger partial charge in [-0.25, -0.2) is 9.78 Å². The van der Waals surface area contributed by atoms with Gasteiger partial charge in [0.2, 0.25) is 0 Å². The summed E-state index contributed by atoms with van der Waals surface area (Å²) in [5, 5.41) is 22.3. The van der Waals surface area contributed by atoms with Crippen LogP contribution in [0.4, 0.5) is 10.6 Å². The molecule has 118 valence electrons. The molecule has 0 aliphatic heterocycles. The number of aromatic nitrogens is 1. The van der Waals surface area contributed by atoms with Gasteiger partial charge in [-0.05, 0) is 45.4 Å². The molecule has 0 spiro atoms. The van der Waals surface area contributed by atoms with Crippen LogP contribution in [0.25, 0.3) is 0 Å². The van der Waals surface area contributed by atoms with E-state index in [1.807, 2.05) is 0 Å². The van der Waals surface area contributed by atoms with E-state index < -0.39 is 23.9 Å². The second-order valence-electron chi connectivity index (χ2n) is 5.89. The maximum absolute atomic E-state index is 11.5. The Morgan fingerprint density at radius 1 is 1.43 bits per heavy atom. The largest absolute Gasteiger partial charge is 0.444 e. The maximum atomic E-state index is 11.5. The average molecular weight is 297 g/mol. The summed E-state index contributed by atoms with van der Waals surface area (Å²) in [6.45, 7) is 6.84. The van der Waals surface area contributed by atoms with Gasteiger partial charge in [0.25, 0.3) is 0 Å². The summed E-state index contributed by atoms with van der Waals surface area (Å²) < 4.78 is 5.03. The maximum Gasteiger partial charge on any atom is 0.407 e. The summed E-state index contributed by atoms with van der Waals surface area (Å²) in [6, 6.07) is 3.28. The van der Waals surface area contributed by atoms with Crippen molar-refractivity contribution in [3.8, 4) is 0 Å². The van der Waals surface area contributed by atoms with E-state index in [0.717, 1.165) is 5.56 Å². The highest BCUT2D eigenvalue weighted by Gasteiger charge is 2.22. The first-order valence-electron chi connectivity index (χ1n) is 6.65. The minimum atomic E-state index is -1.25. The molecule has 0 aliphatic carbocycles. The molecule has 1 aromatic rings. The van der Waals surface area contributed by atoms with E-state index in [1.54, 1.807) is 39.8 Å². The lowest BCUT2D eigenvalue weighted by molar-refractivity contribution is 0.0109. The molecule has 0 fully saturated rings. The van der Waals surface area contributed by atoms with Gasteiger partial charge in [0, 0.05) is 6.54 Å². The molecule has 0 radical (unpaired) electrons. The smallest absolute Gasteiger partial charge is 0.407 e. The minimum Gasteiger partial charge on any atom is -0.444 e. The number of hydrogen-bond donors (Lipinski definition) is 4. The predicted octanol–water partition coefficient (Wildman–Crippen LogP) is 0.891. The quantitative estimate of drug-likeness (QED) is 0.655. The number of hydrogen-bond acceptors (Lipinski definition) is 6. The summed E-state index contributed by atoms with van der Waals surface area (Å²) in [5.41, 5.74) is 6.05. The third-order valence-electron chi connectivity index (χ3n) is 2.53. The van der Waals surface area contributed by atoms with Crippen molar-refractivity contribution >= 4 is 11.9 Å². The molecule has 21 heavy (non-hydrogen) atoms. The lowest BCUT2D eigenvalue weighted by atomic mass is 10.1. The number of rotatable bonds is 4. The van der Waals surface area contributed by atoms with E-state index >= 15 is 0 Å². The molecule has 0 aliphatic rings. The number of nitrogens with two attached hydrogens (primary N) is 1. The van der Waals surface area contributed by atoms with Gasteiger partial charge in [-0.2, -0.15) is 0 Å². The standard InChI is InChI=1S/C14H23N3O4/c1-8-5-9(17-11(15)6-8)12(19)10(18)7-16-13(20)21-14(2,3)4/h5-6,10,12,18-19H,7H2,1-4H3,(H2,15,17)(H,16,20). The van der Waals surface area contributed by atoms with Crippen molar-refractivity contribution in [1.29, 1.82) is 0 Å². The Balaban J connectivity index is 2.58. The predicted molar refractivity (Wildman–Crippen MR) is 78.6 cm³/mol. The van der Waals surface area contributed by atoms with Crippen molar-refractivity contribution in [2.75, 3.05) is 12.3 Å². The Morgan fingerprint density at radius 3 is 2.57 bits per heavy atom. The fraction of sp³-hybridized carbons (Fsp3) is 0.571. The number of aryl methyl sites for hydroxylation is 1. The topological polar surface area (TPSA) is 118 Å². The number of nitrogens with one attached hydrogen (secondary N) is 1. The number of carbonyl (C=O) groups excluding carboxylic acids is 1. The van der Waals surface area contributed by atoms with Crippen molar-refractivity contribution in [1.82, 2.24) is 10.3 Å². The molecule has 7 nitrogen and oxygen atoms in total. The first kappa shape index (κ1) is 17.2. The molecule has 1 amide bonds. The molecular weight excluding hydrogens is 274 g/mol. The lowest BCUT2D eigenvalue weighted by Gasteiger charge is -2.22. The molecule has 2 atom stereocenters. The SMILES string of the molecule is Cc1cc(N)nc(C(O)C(O)CNC(=O)OC(C)(C)C)c1. The number of alkyl carbamates (subject to hydrolysis) is 1. The monoisotopic (exact) mass is 297 g/mol. The van der Waals surface area contributed by atoms with E-state index in [-0.39, 0.29) is 18.1 Å². The highest BCUT2D eigenvalue weighted by Crippen LogP contribution is 2.17. The number of amides is 1. The Bertz CT molecular complexity index is 479. The van der Waals surface area contributed by atoms with E-state index in [2.05, 4.69) is 10.3 Å². The number of anilines is 1. The van der Waals surface area contributed by atoms with E-state index in [1.165, 1.54) is 0 Å². The van der Waals surface area contributed by atoms with Crippen LogP contribution in [-0.2, 0) is 4.74 Å². The molecule has 0 aromatic carbocycles. The van der Waals surface area contributed by atoms with Crippen LogP contribution < -0.4 is 11.1 Å². The second-order valence-corrected chi connectivity index (χ2v) is 5.89. The van der Waals surface area contributed by atoms with Gasteiger partial charge >= 0.3 is 6.09 Å². The zero-order valence-electron chi connectivity index (χ0n) is 12.8. The van der Waals surface area contributed by atoms with E-state index in [0.29, 0.717) is 0 Å². The van der Waals surface area contributed by atoms with Crippen LogP contribution >= 0.6 is 0 Å². The average Bonchev–Trinajstić information content (AvgIpc) is 2.31. The third kappa shape index (κ3) is 5.97. The molecule has 1 aromatic heterocycles. The normalized spacial score (nSPS) is 14.4. The molecule has 5 N–H and O–H groups in total. The van der Waals surface area contributed by atoms with Gasteiger partial charge in [-0.15, -0.1) is 0 Å². The van der Waals surface area contributed by atoms with Crippen LogP contribution in [-0.4, -0.2) is 39.5 Å². The van der Waals surface area contributed by atoms with Crippen molar-refractivity contribution in [3.63, 3.8) is 0 Å². The summed E-state index contributed by atoms with van der Waals surface area (Å²) in [6.07, 6.45) is -3.13. The fourth-order valence-corrected chi connectivity index (χ4v) is 1.68. The number of nitrogens with zero attached hydrogens (tertiary/aromatic N) is 1. The Hall–Kier alpha value is -1.86. The van der Waals surface area contributed by atoms with Crippen molar-refractivity contribution in [2.45, 2.75) is 45.5 Å². The Morgan fingerprint density at radius 2 is 2.05 bits per heavy atom. The van der Waals surface area contributed by atoms with Crippen LogP contribution in [0.15, 0.2) is 12.1 Å². The summed E-state index contributed by atoms with van der Waals surface area (Å²) in [5.74, 6) is 0.261. The number of nitrogen functional groups attached to an aromatic ring is 1. The van der Waals surface area contributed by atoms with Crippen molar-refractivity contribution in [2.24, 2.45) is 0 Å². The summed E-state index contributed by atoms with van der Waals surface area (Å²) in [7, 11) is 0. The van der Waals surface area contributed by atoms with Gasteiger partial charge in [-0.3, -0.25) is 0 Å². The Labute approximate surface area is 124 Å². The van der Waals surface area contributed by atoms with E-state index in [4.69, 9.17) is 10.5 Å². The second kappa shape index (κ2) is 6.73. The zero-order valence-corrected chi connectivity index (χ0v) is 12.8. The molecule has 7 heteroatoms. The molecule has 1 heterocycles. The van der Waals surface area contributed by atoms with Crippen LogP contribution in [0.1, 0.15) is 38.1 Å². The number of aliphatic hydroxyl groups is 2. The van der Waals surface area contributed by atoms with Gasteiger partial charge in [-0.1, -0.05) is 0 Å². The van der Waals surface area contributed by atoms with Crippen molar-refractivity contribution < 1.29 is 19.7 Å². The molecule has 2 unspecified atom stereocenters. The fourth-order valence-electron chi connectivity index (χ4n) is 1.68.